The molecule has 0 saturated heterocycles. The Hall–Kier alpha value is -5.35. The topological polar surface area (TPSA) is 128 Å². The van der Waals surface area contributed by atoms with E-state index in [2.05, 4.69) is 15.6 Å². The number of aromatic amines is 1. The van der Waals surface area contributed by atoms with Crippen molar-refractivity contribution in [2.24, 2.45) is 0 Å². The molecule has 45 heavy (non-hydrogen) atoms. The highest BCUT2D eigenvalue weighted by Crippen LogP contribution is 2.32. The molecule has 0 fully saturated rings. The number of H-pyrrole nitrogens is 1. The summed E-state index contributed by atoms with van der Waals surface area (Å²) in [5.74, 6) is -4.39. The quantitative estimate of drug-likeness (QED) is 0.177. The zero-order chi connectivity index (χ0) is 33.9. The molecule has 0 radical (unpaired) electrons. The first-order valence-corrected chi connectivity index (χ1v) is 12.1. The fraction of sp³-hybridized carbons (Fsp3) is 0.143. The third-order valence-corrected chi connectivity index (χ3v) is 5.89. The van der Waals surface area contributed by atoms with Gasteiger partial charge in [-0.2, -0.15) is 39.5 Å². The molecule has 0 aliphatic rings. The second-order valence-electron chi connectivity index (χ2n) is 9.11. The van der Waals surface area contributed by atoms with E-state index < -0.39 is 52.9 Å². The van der Waals surface area contributed by atoms with Crippen molar-refractivity contribution >= 4 is 40.1 Å². The smallest absolute Gasteiger partial charge is 0.475 e. The van der Waals surface area contributed by atoms with Gasteiger partial charge in [-0.05, 0) is 61.0 Å². The van der Waals surface area contributed by atoms with E-state index in [4.69, 9.17) is 9.90 Å². The van der Waals surface area contributed by atoms with Gasteiger partial charge in [-0.3, -0.25) is 14.4 Å². The Labute approximate surface area is 245 Å². The molecule has 3 aromatic carbocycles. The van der Waals surface area contributed by atoms with Crippen LogP contribution in [-0.2, 0) is 17.1 Å². The lowest BCUT2D eigenvalue weighted by Crippen LogP contribution is -2.23. The maximum atomic E-state index is 13.0. The number of alkyl halides is 9. The minimum atomic E-state index is -5.08. The Morgan fingerprint density at radius 1 is 0.756 bits per heavy atom. The van der Waals surface area contributed by atoms with Crippen LogP contribution in [0.25, 0.3) is 10.9 Å². The Balaban J connectivity index is 0.000000707. The molecule has 0 bridgehead atoms. The van der Waals surface area contributed by atoms with Crippen LogP contribution in [0.3, 0.4) is 0 Å². The summed E-state index contributed by atoms with van der Waals surface area (Å²) >= 11 is 0. The number of hydrogen-bond donors (Lipinski definition) is 4. The number of anilines is 2. The lowest BCUT2D eigenvalue weighted by Gasteiger charge is -2.13. The first-order valence-electron chi connectivity index (χ1n) is 12.1. The third-order valence-electron chi connectivity index (χ3n) is 5.89. The molecule has 0 aliphatic heterocycles. The van der Waals surface area contributed by atoms with Crippen molar-refractivity contribution in [3.63, 3.8) is 0 Å². The first kappa shape index (κ1) is 34.1. The number of aryl methyl sites for hydroxylation is 1. The molecule has 0 unspecified atom stereocenters. The second-order valence-corrected chi connectivity index (χ2v) is 9.11. The number of amides is 2. The van der Waals surface area contributed by atoms with E-state index in [-0.39, 0.29) is 33.4 Å². The van der Waals surface area contributed by atoms with Crippen LogP contribution in [0.1, 0.15) is 37.4 Å². The van der Waals surface area contributed by atoms with Gasteiger partial charge in [0.15, 0.2) is 0 Å². The molecule has 8 nitrogen and oxygen atoms in total. The fourth-order valence-corrected chi connectivity index (χ4v) is 3.63. The summed E-state index contributed by atoms with van der Waals surface area (Å²) in [5.41, 5.74) is -2.64. The maximum Gasteiger partial charge on any atom is 0.490 e. The summed E-state index contributed by atoms with van der Waals surface area (Å²) in [6, 6.07) is 10.7. The highest BCUT2D eigenvalue weighted by molar-refractivity contribution is 6.08. The van der Waals surface area contributed by atoms with Crippen LogP contribution in [0, 0.1) is 6.92 Å². The number of carbonyl (C=O) groups excluding carboxylic acids is 2. The van der Waals surface area contributed by atoms with E-state index >= 15 is 0 Å². The zero-order valence-corrected chi connectivity index (χ0v) is 22.3. The van der Waals surface area contributed by atoms with E-state index in [0.717, 1.165) is 42.6 Å². The summed E-state index contributed by atoms with van der Waals surface area (Å²) in [7, 11) is 0. The van der Waals surface area contributed by atoms with Crippen LogP contribution in [-0.4, -0.2) is 34.1 Å². The summed E-state index contributed by atoms with van der Waals surface area (Å²) in [6.07, 6.45) is -13.3. The van der Waals surface area contributed by atoms with Gasteiger partial charge in [0.25, 0.3) is 11.8 Å². The van der Waals surface area contributed by atoms with Gasteiger partial charge >= 0.3 is 24.5 Å². The standard InChI is InChI=1S/C26H17F6N3O3.C2HF3O2/c1-13-5-6-14(23(37)34-17-4-2-3-15(10-17)25(27,28)29)9-20(13)35-24(38)19-12-33-21-11-16(26(30,31)32)7-8-18(21)22(19)36;3-2(4,5)1(6)7/h2-12H,1H3,(H,33,36)(H,34,37)(H,35,38);(H,6,7). The normalized spacial score (nSPS) is 11.8. The predicted octanol–water partition coefficient (Wildman–Crippen LogP) is 7.01. The van der Waals surface area contributed by atoms with E-state index in [9.17, 15) is 53.9 Å². The first-order chi connectivity index (χ1) is 20.7. The Kier molecular flexibility index (Phi) is 9.65. The summed E-state index contributed by atoms with van der Waals surface area (Å²) < 4.78 is 109. The van der Waals surface area contributed by atoms with E-state index in [1.165, 1.54) is 24.3 Å². The molecule has 17 heteroatoms. The number of halogens is 9. The number of aliphatic carboxylic acids is 1. The zero-order valence-electron chi connectivity index (χ0n) is 22.3. The SMILES string of the molecule is Cc1ccc(C(=O)Nc2cccc(C(F)(F)F)c2)cc1NC(=O)c1c[nH]c2cc(C(F)(F)F)ccc2c1=O.O=C(O)C(F)(F)F. The van der Waals surface area contributed by atoms with Crippen molar-refractivity contribution in [3.05, 3.63) is 105 Å². The predicted molar refractivity (Wildman–Crippen MR) is 142 cm³/mol. The molecule has 4 rings (SSSR count). The number of carbonyl (C=O) groups is 3. The molecule has 1 heterocycles. The summed E-state index contributed by atoms with van der Waals surface area (Å²) in [4.78, 5) is 49.7. The molecular weight excluding hydrogens is 629 g/mol. The largest absolute Gasteiger partial charge is 0.490 e. The number of benzene rings is 3. The van der Waals surface area contributed by atoms with Crippen LogP contribution >= 0.6 is 0 Å². The van der Waals surface area contributed by atoms with Crippen LogP contribution in [0.5, 0.6) is 0 Å². The van der Waals surface area contributed by atoms with Crippen molar-refractivity contribution in [3.8, 4) is 0 Å². The number of aromatic nitrogens is 1. The van der Waals surface area contributed by atoms with Gasteiger partial charge in [0.1, 0.15) is 5.56 Å². The van der Waals surface area contributed by atoms with Gasteiger partial charge < -0.3 is 20.7 Å². The van der Waals surface area contributed by atoms with Gasteiger partial charge in [0, 0.05) is 34.0 Å². The highest BCUT2D eigenvalue weighted by Gasteiger charge is 2.38. The van der Waals surface area contributed by atoms with E-state index in [1.54, 1.807) is 6.92 Å². The lowest BCUT2D eigenvalue weighted by atomic mass is 10.1. The van der Waals surface area contributed by atoms with Crippen molar-refractivity contribution in [2.75, 3.05) is 10.6 Å². The van der Waals surface area contributed by atoms with Crippen LogP contribution in [0.2, 0.25) is 0 Å². The van der Waals surface area contributed by atoms with Gasteiger partial charge in [-0.15, -0.1) is 0 Å². The number of carboxylic acid groups (broad SMARTS) is 1. The Morgan fingerprint density at radius 2 is 1.36 bits per heavy atom. The number of fused-ring (bicyclic) bond motifs is 1. The Bertz CT molecular complexity index is 1830. The average Bonchev–Trinajstić information content (AvgIpc) is 2.93. The van der Waals surface area contributed by atoms with Crippen LogP contribution < -0.4 is 16.1 Å². The maximum absolute atomic E-state index is 13.0. The summed E-state index contributed by atoms with van der Waals surface area (Å²) in [6.45, 7) is 1.60. The fourth-order valence-electron chi connectivity index (χ4n) is 3.63. The molecule has 0 spiro atoms. The van der Waals surface area contributed by atoms with Crippen molar-refractivity contribution in [1.82, 2.24) is 4.98 Å². The van der Waals surface area contributed by atoms with Gasteiger partial charge in [-0.25, -0.2) is 4.79 Å². The number of pyridine rings is 1. The molecule has 0 atom stereocenters. The van der Waals surface area contributed by atoms with Gasteiger partial charge in [0.05, 0.1) is 11.1 Å². The number of hydrogen-bond acceptors (Lipinski definition) is 4. The summed E-state index contributed by atoms with van der Waals surface area (Å²) in [5, 5.41) is 11.8. The number of carboxylic acids is 1. The van der Waals surface area contributed by atoms with Crippen molar-refractivity contribution in [1.29, 1.82) is 0 Å². The molecule has 0 aliphatic carbocycles. The molecule has 4 N–H and O–H groups in total. The van der Waals surface area contributed by atoms with Gasteiger partial charge in [-0.1, -0.05) is 12.1 Å². The van der Waals surface area contributed by atoms with Gasteiger partial charge in [0.2, 0.25) is 5.43 Å². The van der Waals surface area contributed by atoms with Crippen LogP contribution in [0.15, 0.2) is 71.7 Å². The molecule has 2 amide bonds. The monoisotopic (exact) mass is 647 g/mol. The van der Waals surface area contributed by atoms with Crippen molar-refractivity contribution in [2.45, 2.75) is 25.5 Å². The van der Waals surface area contributed by atoms with Crippen molar-refractivity contribution < 1.29 is 59.0 Å². The number of rotatable bonds is 4. The van der Waals surface area contributed by atoms with E-state index in [1.807, 2.05) is 0 Å². The number of nitrogens with one attached hydrogen (secondary N) is 3. The van der Waals surface area contributed by atoms with E-state index in [0.29, 0.717) is 5.56 Å². The minimum absolute atomic E-state index is 0.00964. The molecular formula is C28H18F9N3O5. The average molecular weight is 647 g/mol. The molecule has 4 aromatic rings. The third kappa shape index (κ3) is 8.61. The van der Waals surface area contributed by atoms with Crippen LogP contribution in [0.4, 0.5) is 50.9 Å². The molecule has 1 aromatic heterocycles. The highest BCUT2D eigenvalue weighted by atomic mass is 19.4. The minimum Gasteiger partial charge on any atom is -0.475 e. The molecule has 0 saturated carbocycles. The molecule has 238 valence electrons. The Morgan fingerprint density at radius 3 is 1.93 bits per heavy atom. The second kappa shape index (κ2) is 12.7. The lowest BCUT2D eigenvalue weighted by molar-refractivity contribution is -0.192.